The van der Waals surface area contributed by atoms with Crippen LogP contribution < -0.4 is 14.8 Å². The van der Waals surface area contributed by atoms with Gasteiger partial charge in [0.05, 0.1) is 17.4 Å². The molecule has 0 atom stereocenters. The van der Waals surface area contributed by atoms with Crippen molar-refractivity contribution in [1.29, 1.82) is 0 Å². The van der Waals surface area contributed by atoms with Gasteiger partial charge in [-0.25, -0.2) is 13.1 Å². The number of anilines is 1. The first-order chi connectivity index (χ1) is 17.4. The number of carbonyl (C=O) groups excluding carboxylic acids is 2. The zero-order valence-corrected chi connectivity index (χ0v) is 19.9. The van der Waals surface area contributed by atoms with E-state index in [9.17, 15) is 18.0 Å². The molecule has 1 heterocycles. The first-order valence-electron chi connectivity index (χ1n) is 11.3. The van der Waals surface area contributed by atoms with E-state index in [4.69, 9.17) is 4.74 Å². The van der Waals surface area contributed by atoms with Crippen LogP contribution in [-0.4, -0.2) is 26.7 Å². The number of fused-ring (bicyclic) bond motifs is 2. The number of ether oxygens (including phenoxy) is 1. The van der Waals surface area contributed by atoms with E-state index in [1.807, 2.05) is 48.5 Å². The third-order valence-corrected chi connectivity index (χ3v) is 7.31. The van der Waals surface area contributed by atoms with Gasteiger partial charge in [0, 0.05) is 22.4 Å². The van der Waals surface area contributed by atoms with Gasteiger partial charge in [0.25, 0.3) is 0 Å². The molecule has 7 nitrogen and oxygen atoms in total. The monoisotopic (exact) mass is 498 g/mol. The van der Waals surface area contributed by atoms with Crippen LogP contribution in [0, 0.1) is 0 Å². The summed E-state index contributed by atoms with van der Waals surface area (Å²) in [4.78, 5) is 25.6. The van der Waals surface area contributed by atoms with Gasteiger partial charge in [-0.05, 0) is 36.4 Å². The maximum Gasteiger partial charge on any atom is 0.240 e. The number of sulfonamides is 1. The molecule has 0 fully saturated rings. The molecule has 1 aliphatic heterocycles. The van der Waals surface area contributed by atoms with Crippen LogP contribution >= 0.6 is 0 Å². The number of benzene rings is 4. The predicted octanol–water partition coefficient (Wildman–Crippen LogP) is 4.72. The molecule has 36 heavy (non-hydrogen) atoms. The number of carbonyl (C=O) groups is 2. The third-order valence-electron chi connectivity index (χ3n) is 5.89. The van der Waals surface area contributed by atoms with E-state index in [0.717, 1.165) is 11.1 Å². The Balaban J connectivity index is 1.30. The van der Waals surface area contributed by atoms with Crippen molar-refractivity contribution in [3.05, 3.63) is 120 Å². The second-order valence-corrected chi connectivity index (χ2v) is 10.0. The molecule has 5 rings (SSSR count). The van der Waals surface area contributed by atoms with Gasteiger partial charge in [-0.15, -0.1) is 0 Å². The van der Waals surface area contributed by atoms with Crippen LogP contribution in [0.1, 0.15) is 27.4 Å². The largest absolute Gasteiger partial charge is 0.457 e. The van der Waals surface area contributed by atoms with Gasteiger partial charge in [0.15, 0.2) is 5.78 Å². The fourth-order valence-corrected chi connectivity index (χ4v) is 5.08. The van der Waals surface area contributed by atoms with E-state index >= 15 is 0 Å². The number of rotatable bonds is 7. The van der Waals surface area contributed by atoms with Crippen molar-refractivity contribution in [2.45, 2.75) is 10.8 Å². The summed E-state index contributed by atoms with van der Waals surface area (Å²) in [5, 5.41) is 2.88. The minimum atomic E-state index is -3.91. The summed E-state index contributed by atoms with van der Waals surface area (Å²) in [5.74, 6) is 0.0588. The highest BCUT2D eigenvalue weighted by Crippen LogP contribution is 2.44. The summed E-state index contributed by atoms with van der Waals surface area (Å²) in [6, 6.07) is 29.0. The molecule has 2 N–H and O–H groups in total. The number of hydrogen-bond donors (Lipinski definition) is 2. The van der Waals surface area contributed by atoms with E-state index in [-0.39, 0.29) is 23.1 Å². The molecule has 1 amide bonds. The fourth-order valence-electron chi connectivity index (χ4n) is 4.09. The van der Waals surface area contributed by atoms with E-state index in [2.05, 4.69) is 10.0 Å². The molecule has 0 radical (unpaired) electrons. The Bertz CT molecular complexity index is 1490. The van der Waals surface area contributed by atoms with Crippen molar-refractivity contribution in [3.63, 3.8) is 0 Å². The van der Waals surface area contributed by atoms with Gasteiger partial charge in [-0.3, -0.25) is 9.59 Å². The summed E-state index contributed by atoms with van der Waals surface area (Å²) in [7, 11) is -3.91. The molecule has 0 aliphatic carbocycles. The van der Waals surface area contributed by atoms with Crippen LogP contribution in [0.5, 0.6) is 11.5 Å². The Morgan fingerprint density at radius 1 is 0.722 bits per heavy atom. The van der Waals surface area contributed by atoms with Crippen LogP contribution in [0.4, 0.5) is 5.69 Å². The number of Topliss-reactive ketones (excluding diaryl/α,β-unsaturated/α-hetero) is 1. The van der Waals surface area contributed by atoms with Gasteiger partial charge in [0.2, 0.25) is 15.9 Å². The zero-order valence-electron chi connectivity index (χ0n) is 19.0. The molecule has 0 spiro atoms. The van der Waals surface area contributed by atoms with Crippen LogP contribution in [0.25, 0.3) is 0 Å². The first kappa shape index (κ1) is 23.5. The lowest BCUT2D eigenvalue weighted by Gasteiger charge is -2.27. The second-order valence-electron chi connectivity index (χ2n) is 8.24. The zero-order chi connectivity index (χ0) is 25.1. The minimum Gasteiger partial charge on any atom is -0.457 e. The average molecular weight is 499 g/mol. The molecule has 0 bridgehead atoms. The standard InChI is InChI=1S/C28H22N2O5S/c31-24(19-8-2-1-3-9-19)18-29-36(33,34)21-16-14-20(15-17-21)30-28(32)27-22-10-4-6-12-25(22)35-26-13-7-5-11-23(26)27/h1-17,27,29H,18H2,(H,30,32). The summed E-state index contributed by atoms with van der Waals surface area (Å²) in [6.45, 7) is -0.354. The van der Waals surface area contributed by atoms with Crippen LogP contribution in [0.2, 0.25) is 0 Å². The average Bonchev–Trinajstić information content (AvgIpc) is 2.91. The molecule has 0 unspecified atom stereocenters. The number of nitrogens with one attached hydrogen (secondary N) is 2. The molecule has 4 aromatic carbocycles. The Hall–Kier alpha value is -4.27. The summed E-state index contributed by atoms with van der Waals surface area (Å²) >= 11 is 0. The second kappa shape index (κ2) is 9.77. The molecule has 0 aromatic heterocycles. The Labute approximate surface area is 208 Å². The van der Waals surface area contributed by atoms with Crippen LogP contribution in [0.3, 0.4) is 0 Å². The van der Waals surface area contributed by atoms with Crippen molar-refractivity contribution >= 4 is 27.4 Å². The maximum atomic E-state index is 13.4. The predicted molar refractivity (Wildman–Crippen MR) is 136 cm³/mol. The smallest absolute Gasteiger partial charge is 0.240 e. The number of hydrogen-bond acceptors (Lipinski definition) is 5. The lowest BCUT2D eigenvalue weighted by Crippen LogP contribution is -2.29. The molecular formula is C28H22N2O5S. The topological polar surface area (TPSA) is 102 Å². The van der Waals surface area contributed by atoms with Crippen LogP contribution in [0.15, 0.2) is 108 Å². The van der Waals surface area contributed by atoms with Crippen LogP contribution in [-0.2, 0) is 14.8 Å². The number of amides is 1. The Morgan fingerprint density at radius 3 is 1.89 bits per heavy atom. The molecule has 4 aromatic rings. The highest BCUT2D eigenvalue weighted by molar-refractivity contribution is 7.89. The number of ketones is 1. The van der Waals surface area contributed by atoms with Gasteiger partial charge < -0.3 is 10.1 Å². The maximum absolute atomic E-state index is 13.4. The molecular weight excluding hydrogens is 476 g/mol. The lowest BCUT2D eigenvalue weighted by atomic mass is 9.87. The summed E-state index contributed by atoms with van der Waals surface area (Å²) < 4.78 is 33.6. The molecule has 8 heteroatoms. The number of para-hydroxylation sites is 2. The van der Waals surface area contributed by atoms with E-state index < -0.39 is 15.9 Å². The minimum absolute atomic E-state index is 0.0110. The van der Waals surface area contributed by atoms with E-state index in [1.54, 1.807) is 30.3 Å². The van der Waals surface area contributed by atoms with Crippen molar-refractivity contribution in [1.82, 2.24) is 4.72 Å². The van der Waals surface area contributed by atoms with Gasteiger partial charge >= 0.3 is 0 Å². The summed E-state index contributed by atoms with van der Waals surface area (Å²) in [5.41, 5.74) is 2.37. The SMILES string of the molecule is O=C(CNS(=O)(=O)c1ccc(NC(=O)C2c3ccccc3Oc3ccccc32)cc1)c1ccccc1. The van der Waals surface area contributed by atoms with Crippen molar-refractivity contribution < 1.29 is 22.7 Å². The van der Waals surface area contributed by atoms with Gasteiger partial charge in [-0.1, -0.05) is 66.7 Å². The highest BCUT2D eigenvalue weighted by atomic mass is 32.2. The molecule has 1 aliphatic rings. The van der Waals surface area contributed by atoms with E-state index in [0.29, 0.717) is 22.7 Å². The third kappa shape index (κ3) is 4.77. The van der Waals surface area contributed by atoms with Crippen molar-refractivity contribution in [2.24, 2.45) is 0 Å². The van der Waals surface area contributed by atoms with Gasteiger partial charge in [-0.2, -0.15) is 0 Å². The van der Waals surface area contributed by atoms with Crippen molar-refractivity contribution in [3.8, 4) is 11.5 Å². The molecule has 0 saturated carbocycles. The fraction of sp³-hybridized carbons (Fsp3) is 0.0714. The normalized spacial score (nSPS) is 12.7. The molecule has 0 saturated heterocycles. The van der Waals surface area contributed by atoms with E-state index in [1.165, 1.54) is 24.3 Å². The Morgan fingerprint density at radius 2 is 1.28 bits per heavy atom. The lowest BCUT2D eigenvalue weighted by molar-refractivity contribution is -0.116. The highest BCUT2D eigenvalue weighted by Gasteiger charge is 2.32. The van der Waals surface area contributed by atoms with Gasteiger partial charge in [0.1, 0.15) is 11.5 Å². The summed E-state index contributed by atoms with van der Waals surface area (Å²) in [6.07, 6.45) is 0. The van der Waals surface area contributed by atoms with Crippen molar-refractivity contribution in [2.75, 3.05) is 11.9 Å². The Kier molecular flexibility index (Phi) is 6.37. The quantitative estimate of drug-likeness (QED) is 0.359. The first-order valence-corrected chi connectivity index (χ1v) is 12.8. The molecule has 180 valence electrons.